The quantitative estimate of drug-likeness (QED) is 0.908. The van der Waals surface area contributed by atoms with Crippen LogP contribution in [0.25, 0.3) is 0 Å². The van der Waals surface area contributed by atoms with E-state index in [0.717, 1.165) is 5.69 Å². The fourth-order valence-corrected chi connectivity index (χ4v) is 3.10. The Hall–Kier alpha value is -1.73. The molecule has 0 saturated heterocycles. The maximum atomic E-state index is 13.8. The van der Waals surface area contributed by atoms with Crippen LogP contribution in [0.3, 0.4) is 0 Å². The van der Waals surface area contributed by atoms with E-state index in [1.807, 2.05) is 6.92 Å². The van der Waals surface area contributed by atoms with E-state index in [1.54, 1.807) is 26.1 Å². The molecular weight excluding hydrogens is 281 g/mol. The van der Waals surface area contributed by atoms with Crippen molar-refractivity contribution < 1.29 is 12.8 Å². The van der Waals surface area contributed by atoms with Gasteiger partial charge in [0.2, 0.25) is 10.0 Å². The first-order valence-electron chi connectivity index (χ1n) is 6.09. The molecule has 1 aromatic heterocycles. The molecule has 5 nitrogen and oxygen atoms in total. The summed E-state index contributed by atoms with van der Waals surface area (Å²) in [6.45, 7) is 5.15. The molecule has 0 spiro atoms. The maximum Gasteiger partial charge on any atom is 0.244 e. The predicted octanol–water partition coefficient (Wildman–Crippen LogP) is 2.21. The second-order valence-corrected chi connectivity index (χ2v) is 6.41. The van der Waals surface area contributed by atoms with Gasteiger partial charge in [0.05, 0.1) is 6.04 Å². The zero-order valence-electron chi connectivity index (χ0n) is 11.4. The lowest BCUT2D eigenvalue weighted by Crippen LogP contribution is -2.28. The number of aromatic amines is 1. The first kappa shape index (κ1) is 14.7. The van der Waals surface area contributed by atoms with Gasteiger partial charge in [-0.1, -0.05) is 6.07 Å². The molecule has 0 aliphatic rings. The Balaban J connectivity index is 2.27. The highest BCUT2D eigenvalue weighted by atomic mass is 32.2. The molecule has 0 unspecified atom stereocenters. The lowest BCUT2D eigenvalue weighted by molar-refractivity contribution is 0.542. The van der Waals surface area contributed by atoms with E-state index >= 15 is 0 Å². The average molecular weight is 297 g/mol. The van der Waals surface area contributed by atoms with Crippen molar-refractivity contribution in [3.63, 3.8) is 0 Å². The third-order valence-electron chi connectivity index (χ3n) is 2.84. The van der Waals surface area contributed by atoms with E-state index in [1.165, 1.54) is 12.1 Å². The van der Waals surface area contributed by atoms with Crippen LogP contribution in [0.1, 0.15) is 30.0 Å². The number of aryl methyl sites for hydroxylation is 2. The minimum absolute atomic E-state index is 0.363. The van der Waals surface area contributed by atoms with E-state index in [4.69, 9.17) is 0 Å². The molecule has 0 amide bonds. The molecule has 20 heavy (non-hydrogen) atoms. The van der Waals surface area contributed by atoms with Gasteiger partial charge in [-0.15, -0.1) is 0 Å². The summed E-state index contributed by atoms with van der Waals surface area (Å²) < 4.78 is 40.5. The molecule has 2 rings (SSSR count). The summed E-state index contributed by atoms with van der Waals surface area (Å²) in [6.07, 6.45) is 1.60. The second kappa shape index (κ2) is 5.34. The van der Waals surface area contributed by atoms with Gasteiger partial charge in [-0.25, -0.2) is 22.5 Å². The molecule has 0 saturated carbocycles. The van der Waals surface area contributed by atoms with Crippen LogP contribution in [-0.2, 0) is 10.0 Å². The number of rotatable bonds is 4. The zero-order valence-corrected chi connectivity index (χ0v) is 12.3. The van der Waals surface area contributed by atoms with E-state index in [9.17, 15) is 12.8 Å². The maximum absolute atomic E-state index is 13.8. The van der Waals surface area contributed by atoms with Gasteiger partial charge in [0.15, 0.2) is 0 Å². The van der Waals surface area contributed by atoms with E-state index in [0.29, 0.717) is 11.4 Å². The summed E-state index contributed by atoms with van der Waals surface area (Å²) in [5.41, 5.74) is 1.49. The van der Waals surface area contributed by atoms with Crippen molar-refractivity contribution in [2.45, 2.75) is 31.7 Å². The molecule has 0 bridgehead atoms. The minimum atomic E-state index is -3.93. The number of aromatic nitrogens is 2. The SMILES string of the molecule is Cc1ccc(S(=O)(=O)N[C@H](C)c2ncc(C)[nH]2)c(F)c1. The number of hydrogen-bond donors (Lipinski definition) is 2. The van der Waals surface area contributed by atoms with Crippen LogP contribution in [0.2, 0.25) is 0 Å². The second-order valence-electron chi connectivity index (χ2n) is 4.73. The van der Waals surface area contributed by atoms with Crippen molar-refractivity contribution in [2.75, 3.05) is 0 Å². The lowest BCUT2D eigenvalue weighted by atomic mass is 10.2. The first-order chi connectivity index (χ1) is 9.29. The Morgan fingerprint density at radius 2 is 2.05 bits per heavy atom. The Morgan fingerprint density at radius 3 is 2.60 bits per heavy atom. The molecule has 2 aromatic rings. The third-order valence-corrected chi connectivity index (χ3v) is 4.42. The molecule has 2 N–H and O–H groups in total. The number of hydrogen-bond acceptors (Lipinski definition) is 3. The minimum Gasteiger partial charge on any atom is -0.345 e. The normalized spacial score (nSPS) is 13.4. The highest BCUT2D eigenvalue weighted by Gasteiger charge is 2.23. The lowest BCUT2D eigenvalue weighted by Gasteiger charge is -2.13. The van der Waals surface area contributed by atoms with Crippen molar-refractivity contribution in [3.05, 3.63) is 47.3 Å². The summed E-state index contributed by atoms with van der Waals surface area (Å²) in [4.78, 5) is 6.63. The number of sulfonamides is 1. The van der Waals surface area contributed by atoms with Crippen LogP contribution in [0, 0.1) is 19.7 Å². The molecule has 0 radical (unpaired) electrons. The summed E-state index contributed by atoms with van der Waals surface area (Å²) in [5, 5.41) is 0. The van der Waals surface area contributed by atoms with Crippen LogP contribution in [-0.4, -0.2) is 18.4 Å². The molecular formula is C13H16FN3O2S. The average Bonchev–Trinajstić information content (AvgIpc) is 2.74. The van der Waals surface area contributed by atoms with Crippen LogP contribution in [0.15, 0.2) is 29.3 Å². The van der Waals surface area contributed by atoms with E-state index in [2.05, 4.69) is 14.7 Å². The topological polar surface area (TPSA) is 74.8 Å². The first-order valence-corrected chi connectivity index (χ1v) is 7.58. The Kier molecular flexibility index (Phi) is 3.92. The van der Waals surface area contributed by atoms with Gasteiger partial charge < -0.3 is 4.98 Å². The molecule has 7 heteroatoms. The van der Waals surface area contributed by atoms with Crippen molar-refractivity contribution in [1.29, 1.82) is 0 Å². The number of nitrogens with one attached hydrogen (secondary N) is 2. The number of imidazole rings is 1. The predicted molar refractivity (Wildman–Crippen MR) is 73.2 cm³/mol. The Morgan fingerprint density at radius 1 is 1.35 bits per heavy atom. The fraction of sp³-hybridized carbons (Fsp3) is 0.308. The van der Waals surface area contributed by atoms with Crippen LogP contribution in [0.5, 0.6) is 0 Å². The number of nitrogens with zero attached hydrogens (tertiary/aromatic N) is 1. The molecule has 1 aromatic carbocycles. The van der Waals surface area contributed by atoms with Gasteiger partial charge in [-0.2, -0.15) is 0 Å². The van der Waals surface area contributed by atoms with Gasteiger partial charge in [0.25, 0.3) is 0 Å². The van der Waals surface area contributed by atoms with Crippen LogP contribution >= 0.6 is 0 Å². The van der Waals surface area contributed by atoms with Gasteiger partial charge in [-0.3, -0.25) is 0 Å². The van der Waals surface area contributed by atoms with Gasteiger partial charge in [0, 0.05) is 11.9 Å². The highest BCUT2D eigenvalue weighted by molar-refractivity contribution is 7.89. The standard InChI is InChI=1S/C13H16FN3O2S/c1-8-4-5-12(11(14)6-8)20(18,19)17-10(3)13-15-7-9(2)16-13/h4-7,10,17H,1-3H3,(H,15,16)/t10-/m1/s1. The van der Waals surface area contributed by atoms with E-state index in [-0.39, 0.29) is 4.90 Å². The van der Waals surface area contributed by atoms with Crippen molar-refractivity contribution >= 4 is 10.0 Å². The van der Waals surface area contributed by atoms with Crippen LogP contribution in [0.4, 0.5) is 4.39 Å². The molecule has 1 heterocycles. The highest BCUT2D eigenvalue weighted by Crippen LogP contribution is 2.18. The van der Waals surface area contributed by atoms with Crippen molar-refractivity contribution in [2.24, 2.45) is 0 Å². The van der Waals surface area contributed by atoms with Gasteiger partial charge in [0.1, 0.15) is 16.5 Å². The van der Waals surface area contributed by atoms with Crippen molar-refractivity contribution in [1.82, 2.24) is 14.7 Å². The molecule has 108 valence electrons. The molecule has 0 fully saturated rings. The summed E-state index contributed by atoms with van der Waals surface area (Å²) in [5.74, 6) is -0.279. The largest absolute Gasteiger partial charge is 0.345 e. The monoisotopic (exact) mass is 297 g/mol. The molecule has 0 aliphatic carbocycles. The summed E-state index contributed by atoms with van der Waals surface area (Å²) in [6, 6.07) is 3.43. The van der Waals surface area contributed by atoms with E-state index < -0.39 is 21.9 Å². The fourth-order valence-electron chi connectivity index (χ4n) is 1.83. The molecule has 1 atom stereocenters. The number of halogens is 1. The van der Waals surface area contributed by atoms with Crippen LogP contribution < -0.4 is 4.72 Å². The third kappa shape index (κ3) is 3.05. The van der Waals surface area contributed by atoms with Crippen molar-refractivity contribution in [3.8, 4) is 0 Å². The van der Waals surface area contributed by atoms with Gasteiger partial charge >= 0.3 is 0 Å². The summed E-state index contributed by atoms with van der Waals surface area (Å²) >= 11 is 0. The van der Waals surface area contributed by atoms with Gasteiger partial charge in [-0.05, 0) is 38.5 Å². The smallest absolute Gasteiger partial charge is 0.244 e. The summed E-state index contributed by atoms with van der Waals surface area (Å²) in [7, 11) is -3.93. The molecule has 0 aliphatic heterocycles. The number of benzene rings is 1. The number of H-pyrrole nitrogens is 1. The Bertz CT molecular complexity index is 725. The Labute approximate surface area is 117 Å². The zero-order chi connectivity index (χ0) is 14.9.